The molecule has 1 unspecified atom stereocenters. The van der Waals surface area contributed by atoms with Crippen molar-refractivity contribution < 1.29 is 4.79 Å². The third-order valence-electron chi connectivity index (χ3n) is 2.87. The molecule has 1 fully saturated rings. The van der Waals surface area contributed by atoms with Crippen molar-refractivity contribution in [3.63, 3.8) is 0 Å². The van der Waals surface area contributed by atoms with Gasteiger partial charge in [-0.05, 0) is 14.0 Å². The van der Waals surface area contributed by atoms with Gasteiger partial charge in [-0.15, -0.1) is 0 Å². The van der Waals surface area contributed by atoms with Crippen molar-refractivity contribution in [1.82, 2.24) is 20.9 Å². The van der Waals surface area contributed by atoms with Gasteiger partial charge in [0.05, 0.1) is 6.04 Å². The van der Waals surface area contributed by atoms with Crippen molar-refractivity contribution in [2.75, 3.05) is 52.9 Å². The maximum Gasteiger partial charge on any atom is 0.147 e. The van der Waals surface area contributed by atoms with Crippen molar-refractivity contribution in [3.05, 3.63) is 0 Å². The lowest BCUT2D eigenvalue weighted by Crippen LogP contribution is -2.48. The van der Waals surface area contributed by atoms with Crippen LogP contribution in [0.4, 0.5) is 0 Å². The predicted octanol–water partition coefficient (Wildman–Crippen LogP) is -1.34. The van der Waals surface area contributed by atoms with Gasteiger partial charge < -0.3 is 20.9 Å². The maximum atomic E-state index is 11.4. The molecule has 3 N–H and O–H groups in total. The van der Waals surface area contributed by atoms with E-state index in [1.807, 2.05) is 0 Å². The summed E-state index contributed by atoms with van der Waals surface area (Å²) in [5.74, 6) is 0.208. The number of nitrogens with one attached hydrogen (secondary N) is 3. The van der Waals surface area contributed by atoms with Crippen LogP contribution in [0.25, 0.3) is 0 Å². The summed E-state index contributed by atoms with van der Waals surface area (Å²) >= 11 is 0. The van der Waals surface area contributed by atoms with Crippen LogP contribution in [-0.2, 0) is 4.79 Å². The molecule has 0 aromatic heterocycles. The number of carbonyl (C=O) groups excluding carboxylic acids is 1. The Morgan fingerprint density at radius 1 is 1.12 bits per heavy atom. The quantitative estimate of drug-likeness (QED) is 0.518. The molecule has 0 bridgehead atoms. The van der Waals surface area contributed by atoms with Gasteiger partial charge >= 0.3 is 0 Å². The third-order valence-corrected chi connectivity index (χ3v) is 2.87. The minimum absolute atomic E-state index is 0.0483. The molecule has 0 saturated carbocycles. The number of hydrogen-bond acceptors (Lipinski definition) is 5. The van der Waals surface area contributed by atoms with Crippen LogP contribution in [0.15, 0.2) is 0 Å². The van der Waals surface area contributed by atoms with Crippen LogP contribution in [-0.4, -0.2) is 69.6 Å². The number of ketones is 1. The summed E-state index contributed by atoms with van der Waals surface area (Å²) in [4.78, 5) is 13.6. The first kappa shape index (κ1) is 13.6. The van der Waals surface area contributed by atoms with Crippen molar-refractivity contribution in [2.45, 2.75) is 13.0 Å². The van der Waals surface area contributed by atoms with Gasteiger partial charge in [-0.3, -0.25) is 4.79 Å². The Hall–Kier alpha value is -0.490. The first-order valence-corrected chi connectivity index (χ1v) is 6.04. The normalized spacial score (nSPS) is 26.8. The smallest absolute Gasteiger partial charge is 0.147 e. The lowest BCUT2D eigenvalue weighted by Gasteiger charge is -2.22. The van der Waals surface area contributed by atoms with E-state index >= 15 is 0 Å². The molecule has 1 atom stereocenters. The summed E-state index contributed by atoms with van der Waals surface area (Å²) in [7, 11) is 2.11. The molecule has 0 spiro atoms. The highest BCUT2D eigenvalue weighted by Crippen LogP contribution is 1.87. The molecule has 94 valence electrons. The van der Waals surface area contributed by atoms with E-state index in [9.17, 15) is 4.79 Å². The Labute approximate surface area is 98.0 Å². The summed E-state index contributed by atoms with van der Waals surface area (Å²) in [6.07, 6.45) is 0. The van der Waals surface area contributed by atoms with E-state index in [0.717, 1.165) is 45.8 Å². The molecule has 5 nitrogen and oxygen atoms in total. The summed E-state index contributed by atoms with van der Waals surface area (Å²) in [6.45, 7) is 8.15. The van der Waals surface area contributed by atoms with E-state index in [4.69, 9.17) is 0 Å². The van der Waals surface area contributed by atoms with E-state index in [0.29, 0.717) is 0 Å². The van der Waals surface area contributed by atoms with Crippen LogP contribution in [0.2, 0.25) is 0 Å². The molecule has 0 amide bonds. The summed E-state index contributed by atoms with van der Waals surface area (Å²) in [6, 6.07) is -0.0483. The molecule has 1 aliphatic rings. The number of Topliss-reactive ketones (excluding diaryl/α,β-unsaturated/α-hetero) is 1. The molecule has 1 aliphatic heterocycles. The molecule has 16 heavy (non-hydrogen) atoms. The summed E-state index contributed by atoms with van der Waals surface area (Å²) in [5, 5.41) is 9.95. The van der Waals surface area contributed by atoms with Gasteiger partial charge in [0.25, 0.3) is 0 Å². The number of carbonyl (C=O) groups is 1. The van der Waals surface area contributed by atoms with Gasteiger partial charge in [-0.25, -0.2) is 0 Å². The maximum absolute atomic E-state index is 11.4. The Bertz CT molecular complexity index is 210. The highest BCUT2D eigenvalue weighted by atomic mass is 16.1. The van der Waals surface area contributed by atoms with Crippen LogP contribution >= 0.6 is 0 Å². The van der Waals surface area contributed by atoms with Gasteiger partial charge in [0.2, 0.25) is 0 Å². The molecule has 0 aromatic rings. The second-order valence-electron chi connectivity index (χ2n) is 4.37. The van der Waals surface area contributed by atoms with Gasteiger partial charge in [-0.1, -0.05) is 0 Å². The second-order valence-corrected chi connectivity index (χ2v) is 4.37. The average Bonchev–Trinajstić information content (AvgIpc) is 2.22. The van der Waals surface area contributed by atoms with Crippen LogP contribution in [0.5, 0.6) is 0 Å². The zero-order valence-electron chi connectivity index (χ0n) is 10.4. The minimum atomic E-state index is -0.0483. The van der Waals surface area contributed by atoms with E-state index in [1.54, 1.807) is 6.92 Å². The zero-order valence-corrected chi connectivity index (χ0v) is 10.4. The molecule has 1 rings (SSSR count). The van der Waals surface area contributed by atoms with Crippen LogP contribution in [0, 0.1) is 0 Å². The van der Waals surface area contributed by atoms with Crippen LogP contribution < -0.4 is 16.0 Å². The van der Waals surface area contributed by atoms with E-state index < -0.39 is 0 Å². The second kappa shape index (κ2) is 7.73. The van der Waals surface area contributed by atoms with E-state index in [-0.39, 0.29) is 11.8 Å². The molecule has 1 heterocycles. The predicted molar refractivity (Wildman–Crippen MR) is 65.7 cm³/mol. The van der Waals surface area contributed by atoms with Gasteiger partial charge in [-0.2, -0.15) is 0 Å². The molecule has 0 aliphatic carbocycles. The van der Waals surface area contributed by atoms with E-state index in [1.165, 1.54) is 0 Å². The van der Waals surface area contributed by atoms with Crippen molar-refractivity contribution in [1.29, 1.82) is 0 Å². The molecule has 5 heteroatoms. The van der Waals surface area contributed by atoms with E-state index in [2.05, 4.69) is 27.9 Å². The Kier molecular flexibility index (Phi) is 6.56. The van der Waals surface area contributed by atoms with Gasteiger partial charge in [0, 0.05) is 45.8 Å². The number of nitrogens with zero attached hydrogens (tertiary/aromatic N) is 1. The van der Waals surface area contributed by atoms with Crippen molar-refractivity contribution in [3.8, 4) is 0 Å². The number of hydrogen-bond donors (Lipinski definition) is 3. The van der Waals surface area contributed by atoms with Crippen LogP contribution in [0.1, 0.15) is 6.92 Å². The van der Waals surface area contributed by atoms with Gasteiger partial charge in [0.15, 0.2) is 0 Å². The summed E-state index contributed by atoms with van der Waals surface area (Å²) in [5.41, 5.74) is 0. The number of rotatable bonds is 1. The largest absolute Gasteiger partial charge is 0.314 e. The summed E-state index contributed by atoms with van der Waals surface area (Å²) < 4.78 is 0. The molecular formula is C11H24N4O. The topological polar surface area (TPSA) is 56.4 Å². The Morgan fingerprint density at radius 3 is 2.56 bits per heavy atom. The Balaban J connectivity index is 2.37. The van der Waals surface area contributed by atoms with Crippen LogP contribution in [0.3, 0.4) is 0 Å². The van der Waals surface area contributed by atoms with Gasteiger partial charge in [0.1, 0.15) is 5.78 Å². The van der Waals surface area contributed by atoms with Crippen molar-refractivity contribution >= 4 is 5.78 Å². The highest BCUT2D eigenvalue weighted by Gasteiger charge is 2.13. The molecule has 1 saturated heterocycles. The highest BCUT2D eigenvalue weighted by molar-refractivity contribution is 5.81. The number of likely N-dealkylation sites (N-methyl/N-ethyl adjacent to an activating group) is 1. The lowest BCUT2D eigenvalue weighted by molar-refractivity contribution is -0.118. The zero-order chi connectivity index (χ0) is 11.8. The first-order chi connectivity index (χ1) is 7.70. The molecule has 0 radical (unpaired) electrons. The first-order valence-electron chi connectivity index (χ1n) is 6.04. The fourth-order valence-corrected chi connectivity index (χ4v) is 1.72. The molecular weight excluding hydrogens is 204 g/mol. The fraction of sp³-hybridized carbons (Fsp3) is 0.909. The monoisotopic (exact) mass is 228 g/mol. The average molecular weight is 228 g/mol. The standard InChI is InChI=1S/C11H24N4O/c1-10(16)11-9-13-4-3-12-5-7-15(2)8-6-14-11/h11-14H,3-9H2,1-2H3. The minimum Gasteiger partial charge on any atom is -0.314 e. The lowest BCUT2D eigenvalue weighted by atomic mass is 10.2. The SMILES string of the molecule is CC(=O)C1CNCCNCCN(C)CCN1. The fourth-order valence-electron chi connectivity index (χ4n) is 1.72. The molecule has 0 aromatic carbocycles. The third kappa shape index (κ3) is 5.55. The van der Waals surface area contributed by atoms with Crippen molar-refractivity contribution in [2.24, 2.45) is 0 Å². The Morgan fingerprint density at radius 2 is 1.81 bits per heavy atom.